The topological polar surface area (TPSA) is 69.5 Å². The van der Waals surface area contributed by atoms with Gasteiger partial charge in [-0.05, 0) is 30.9 Å². The molecular formula is C21H22N2O4. The average molecular weight is 366 g/mol. The first-order chi connectivity index (χ1) is 13.2. The van der Waals surface area contributed by atoms with Gasteiger partial charge in [0, 0.05) is 16.7 Å². The standard InChI is InChI=1S/C21H22N2O4/c1-14-7-6-10-17(20(23-26-3)21(24)25-2)18(14)13-27-22-19-12-11-15-8-4-5-9-16(15)19/h4-10H,11-13H2,1-3H3/b22-19+,23-20+. The van der Waals surface area contributed by atoms with E-state index in [1.165, 1.54) is 19.8 Å². The molecule has 6 nitrogen and oxygen atoms in total. The van der Waals surface area contributed by atoms with Crippen molar-refractivity contribution in [1.82, 2.24) is 0 Å². The number of hydrogen-bond donors (Lipinski definition) is 0. The molecule has 0 atom stereocenters. The molecule has 0 radical (unpaired) electrons. The summed E-state index contributed by atoms with van der Waals surface area (Å²) in [5.41, 5.74) is 5.85. The Balaban J connectivity index is 1.85. The maximum absolute atomic E-state index is 12.1. The van der Waals surface area contributed by atoms with Crippen molar-refractivity contribution < 1.29 is 19.2 Å². The zero-order valence-electron chi connectivity index (χ0n) is 15.7. The van der Waals surface area contributed by atoms with Crippen LogP contribution in [-0.2, 0) is 32.2 Å². The van der Waals surface area contributed by atoms with Gasteiger partial charge in [-0.1, -0.05) is 52.8 Å². The third kappa shape index (κ3) is 4.00. The van der Waals surface area contributed by atoms with Gasteiger partial charge in [0.25, 0.3) is 0 Å². The highest BCUT2D eigenvalue weighted by Crippen LogP contribution is 2.23. The summed E-state index contributed by atoms with van der Waals surface area (Å²) < 4.78 is 4.82. The number of nitrogens with zero attached hydrogens (tertiary/aromatic N) is 2. The Bertz CT molecular complexity index is 903. The molecule has 2 aromatic rings. The SMILES string of the molecule is CO/N=C(/C(=O)OC)c1cccc(C)c1CO/N=C1\CCc2ccccc21. The summed E-state index contributed by atoms with van der Waals surface area (Å²) in [6, 6.07) is 13.8. The van der Waals surface area contributed by atoms with E-state index in [1.54, 1.807) is 6.07 Å². The van der Waals surface area contributed by atoms with Crippen LogP contribution in [-0.4, -0.2) is 31.6 Å². The molecule has 0 unspecified atom stereocenters. The lowest BCUT2D eigenvalue weighted by molar-refractivity contribution is -0.132. The molecule has 140 valence electrons. The van der Waals surface area contributed by atoms with Crippen LogP contribution >= 0.6 is 0 Å². The normalized spacial score (nSPS) is 14.8. The molecule has 0 heterocycles. The third-order valence-electron chi connectivity index (χ3n) is 4.57. The number of hydrogen-bond acceptors (Lipinski definition) is 6. The summed E-state index contributed by atoms with van der Waals surface area (Å²) in [5.74, 6) is -0.570. The number of carbonyl (C=O) groups excluding carboxylic acids is 1. The summed E-state index contributed by atoms with van der Waals surface area (Å²) in [7, 11) is 2.70. The molecule has 0 saturated carbocycles. The molecule has 0 fully saturated rings. The summed E-state index contributed by atoms with van der Waals surface area (Å²) in [5, 5.41) is 8.17. The summed E-state index contributed by atoms with van der Waals surface area (Å²) in [6.07, 6.45) is 1.83. The fourth-order valence-electron chi connectivity index (χ4n) is 3.18. The van der Waals surface area contributed by atoms with Crippen LogP contribution in [0.1, 0.15) is 34.2 Å². The zero-order chi connectivity index (χ0) is 19.2. The molecule has 0 aromatic heterocycles. The number of fused-ring (bicyclic) bond motifs is 1. The number of aryl methyl sites for hydroxylation is 2. The van der Waals surface area contributed by atoms with Crippen LogP contribution in [0.3, 0.4) is 0 Å². The van der Waals surface area contributed by atoms with Crippen LogP contribution in [0.15, 0.2) is 52.8 Å². The van der Waals surface area contributed by atoms with Gasteiger partial charge in [0.15, 0.2) is 5.71 Å². The molecule has 27 heavy (non-hydrogen) atoms. The Morgan fingerprint density at radius 3 is 2.67 bits per heavy atom. The Morgan fingerprint density at radius 1 is 1.07 bits per heavy atom. The number of oxime groups is 2. The van der Waals surface area contributed by atoms with E-state index in [4.69, 9.17) is 14.4 Å². The molecule has 1 aliphatic rings. The molecule has 0 amide bonds. The number of methoxy groups -OCH3 is 1. The summed E-state index contributed by atoms with van der Waals surface area (Å²) in [4.78, 5) is 22.6. The molecule has 2 aromatic carbocycles. The molecule has 0 N–H and O–H groups in total. The quantitative estimate of drug-likeness (QED) is 0.446. The van der Waals surface area contributed by atoms with Crippen molar-refractivity contribution >= 4 is 17.4 Å². The Morgan fingerprint density at radius 2 is 1.89 bits per heavy atom. The van der Waals surface area contributed by atoms with Crippen molar-refractivity contribution in [2.75, 3.05) is 14.2 Å². The van der Waals surface area contributed by atoms with Gasteiger partial charge in [-0.2, -0.15) is 0 Å². The first-order valence-electron chi connectivity index (χ1n) is 8.71. The number of ether oxygens (including phenoxy) is 1. The minimum absolute atomic E-state index is 0.0983. The van der Waals surface area contributed by atoms with Crippen molar-refractivity contribution in [2.24, 2.45) is 10.3 Å². The monoisotopic (exact) mass is 366 g/mol. The van der Waals surface area contributed by atoms with Crippen molar-refractivity contribution in [3.63, 3.8) is 0 Å². The van der Waals surface area contributed by atoms with E-state index in [0.717, 1.165) is 35.2 Å². The second kappa shape index (κ2) is 8.49. The minimum atomic E-state index is -0.570. The van der Waals surface area contributed by atoms with Gasteiger partial charge in [-0.3, -0.25) is 0 Å². The lowest BCUT2D eigenvalue weighted by atomic mass is 9.99. The number of rotatable bonds is 6. The predicted molar refractivity (Wildman–Crippen MR) is 103 cm³/mol. The second-order valence-electron chi connectivity index (χ2n) is 6.18. The van der Waals surface area contributed by atoms with Gasteiger partial charge in [-0.25, -0.2) is 4.79 Å². The molecule has 0 spiro atoms. The number of esters is 1. The first-order valence-corrected chi connectivity index (χ1v) is 8.71. The highest BCUT2D eigenvalue weighted by atomic mass is 16.6. The van der Waals surface area contributed by atoms with E-state index in [0.29, 0.717) is 5.56 Å². The second-order valence-corrected chi connectivity index (χ2v) is 6.18. The molecule has 0 bridgehead atoms. The maximum atomic E-state index is 12.1. The Hall–Kier alpha value is -3.15. The van der Waals surface area contributed by atoms with Gasteiger partial charge in [0.1, 0.15) is 13.7 Å². The van der Waals surface area contributed by atoms with Crippen LogP contribution in [0.25, 0.3) is 0 Å². The lowest BCUT2D eigenvalue weighted by Crippen LogP contribution is -2.20. The molecule has 6 heteroatoms. The van der Waals surface area contributed by atoms with Crippen molar-refractivity contribution in [2.45, 2.75) is 26.4 Å². The Labute approximate surface area is 158 Å². The van der Waals surface area contributed by atoms with Crippen LogP contribution in [0.4, 0.5) is 0 Å². The highest BCUT2D eigenvalue weighted by molar-refractivity contribution is 6.43. The van der Waals surface area contributed by atoms with E-state index in [9.17, 15) is 4.79 Å². The largest absolute Gasteiger partial charge is 0.464 e. The summed E-state index contributed by atoms with van der Waals surface area (Å²) in [6.45, 7) is 2.16. The van der Waals surface area contributed by atoms with Crippen LogP contribution in [0.5, 0.6) is 0 Å². The van der Waals surface area contributed by atoms with E-state index in [-0.39, 0.29) is 12.3 Å². The van der Waals surface area contributed by atoms with E-state index in [1.807, 2.05) is 31.2 Å². The van der Waals surface area contributed by atoms with E-state index < -0.39 is 5.97 Å². The minimum Gasteiger partial charge on any atom is -0.464 e. The van der Waals surface area contributed by atoms with Crippen LogP contribution in [0, 0.1) is 6.92 Å². The van der Waals surface area contributed by atoms with Gasteiger partial charge >= 0.3 is 5.97 Å². The van der Waals surface area contributed by atoms with Crippen LogP contribution < -0.4 is 0 Å². The number of benzene rings is 2. The van der Waals surface area contributed by atoms with E-state index >= 15 is 0 Å². The molecule has 0 aliphatic heterocycles. The van der Waals surface area contributed by atoms with Gasteiger partial charge in [0.2, 0.25) is 0 Å². The van der Waals surface area contributed by atoms with E-state index in [2.05, 4.69) is 22.4 Å². The van der Waals surface area contributed by atoms with Crippen molar-refractivity contribution in [1.29, 1.82) is 0 Å². The smallest absolute Gasteiger partial charge is 0.360 e. The maximum Gasteiger partial charge on any atom is 0.360 e. The highest BCUT2D eigenvalue weighted by Gasteiger charge is 2.21. The van der Waals surface area contributed by atoms with Gasteiger partial charge in [0.05, 0.1) is 12.8 Å². The predicted octanol–water partition coefficient (Wildman–Crippen LogP) is 3.39. The number of carbonyl (C=O) groups is 1. The fraction of sp³-hybridized carbons (Fsp3) is 0.286. The lowest BCUT2D eigenvalue weighted by Gasteiger charge is -2.12. The molecule has 3 rings (SSSR count). The first kappa shape index (κ1) is 18.6. The molecular weight excluding hydrogens is 344 g/mol. The Kier molecular flexibility index (Phi) is 5.86. The van der Waals surface area contributed by atoms with Crippen molar-refractivity contribution in [3.05, 3.63) is 70.3 Å². The zero-order valence-corrected chi connectivity index (χ0v) is 15.7. The third-order valence-corrected chi connectivity index (χ3v) is 4.57. The van der Waals surface area contributed by atoms with Gasteiger partial charge < -0.3 is 14.4 Å². The van der Waals surface area contributed by atoms with Crippen molar-refractivity contribution in [3.8, 4) is 0 Å². The molecule has 0 saturated heterocycles. The summed E-state index contributed by atoms with van der Waals surface area (Å²) >= 11 is 0. The average Bonchev–Trinajstić information content (AvgIpc) is 3.10. The van der Waals surface area contributed by atoms with Gasteiger partial charge in [-0.15, -0.1) is 0 Å². The fourth-order valence-corrected chi connectivity index (χ4v) is 3.18. The molecule has 1 aliphatic carbocycles. The van der Waals surface area contributed by atoms with Crippen LogP contribution in [0.2, 0.25) is 0 Å².